The molecule has 3 spiro atoms. The van der Waals surface area contributed by atoms with E-state index >= 15 is 0 Å². The zero-order valence-corrected chi connectivity index (χ0v) is 15.1. The SMILES string of the molecule is COC(=O)[C@@H]1C[C@]23CCCN4C(=O)C[C@@]5(c6ccccc6N[C@@]15CC2)[C@@H]43. The minimum Gasteiger partial charge on any atom is -0.469 e. The lowest BCUT2D eigenvalue weighted by Crippen LogP contribution is -2.76. The standard InChI is InChI=1S/C21H24N2O3/c1-26-17(25)14-11-19-7-4-10-23-16(24)12-20(18(19)23)13-5-2-3-6-15(13)22-21(14,20)9-8-19/h2-3,5-6,14,18,22H,4,7-12H2,1H3/t14-,18-,19-,20+,21-/m0/s1. The Kier molecular flexibility index (Phi) is 2.57. The van der Waals surface area contributed by atoms with Crippen molar-refractivity contribution in [3.8, 4) is 0 Å². The van der Waals surface area contributed by atoms with E-state index in [1.807, 2.05) is 6.07 Å². The maximum atomic E-state index is 13.1. The minimum absolute atomic E-state index is 0.0597. The number of fused-ring (bicyclic) bond motifs is 3. The first kappa shape index (κ1) is 15.1. The van der Waals surface area contributed by atoms with Crippen LogP contribution in [0, 0.1) is 11.3 Å². The lowest BCUT2D eigenvalue weighted by atomic mass is 9.39. The fourth-order valence-electron chi connectivity index (χ4n) is 7.80. The number of amides is 1. The van der Waals surface area contributed by atoms with E-state index in [0.717, 1.165) is 44.3 Å². The molecule has 1 aromatic carbocycles. The maximum absolute atomic E-state index is 13.1. The molecule has 3 aliphatic carbocycles. The summed E-state index contributed by atoms with van der Waals surface area (Å²) < 4.78 is 5.27. The summed E-state index contributed by atoms with van der Waals surface area (Å²) in [6.07, 6.45) is 5.58. The zero-order valence-electron chi connectivity index (χ0n) is 15.1. The molecule has 0 aromatic heterocycles. The van der Waals surface area contributed by atoms with Gasteiger partial charge in [-0.25, -0.2) is 0 Å². The van der Waals surface area contributed by atoms with Crippen molar-refractivity contribution in [2.24, 2.45) is 11.3 Å². The molecule has 0 radical (unpaired) electrons. The van der Waals surface area contributed by atoms with E-state index in [1.54, 1.807) is 0 Å². The van der Waals surface area contributed by atoms with Crippen LogP contribution in [0.1, 0.15) is 44.1 Å². The number of carbonyl (C=O) groups excluding carboxylic acids is 2. The Bertz CT molecular complexity index is 853. The van der Waals surface area contributed by atoms with Crippen molar-refractivity contribution in [3.05, 3.63) is 29.8 Å². The third kappa shape index (κ3) is 1.34. The van der Waals surface area contributed by atoms with Gasteiger partial charge >= 0.3 is 5.97 Å². The second kappa shape index (κ2) is 4.44. The van der Waals surface area contributed by atoms with Gasteiger partial charge in [-0.3, -0.25) is 9.59 Å². The summed E-state index contributed by atoms with van der Waals surface area (Å²) in [6.45, 7) is 0.869. The van der Waals surface area contributed by atoms with Crippen LogP contribution < -0.4 is 5.32 Å². The van der Waals surface area contributed by atoms with Crippen LogP contribution in [0.25, 0.3) is 0 Å². The first-order valence-corrected chi connectivity index (χ1v) is 9.83. The molecule has 1 amide bonds. The molecule has 5 nitrogen and oxygen atoms in total. The van der Waals surface area contributed by atoms with Crippen molar-refractivity contribution < 1.29 is 14.3 Å². The van der Waals surface area contributed by atoms with Gasteiger partial charge in [0.15, 0.2) is 0 Å². The Balaban J connectivity index is 1.67. The van der Waals surface area contributed by atoms with Gasteiger partial charge in [0, 0.05) is 24.7 Å². The van der Waals surface area contributed by atoms with Crippen molar-refractivity contribution in [3.63, 3.8) is 0 Å². The monoisotopic (exact) mass is 352 g/mol. The largest absolute Gasteiger partial charge is 0.469 e. The van der Waals surface area contributed by atoms with Gasteiger partial charge in [-0.2, -0.15) is 0 Å². The number of methoxy groups -OCH3 is 1. The summed E-state index contributed by atoms with van der Waals surface area (Å²) in [5.74, 6) is -0.0243. The molecule has 2 bridgehead atoms. The molecule has 3 saturated carbocycles. The number of hydrogen-bond donors (Lipinski definition) is 1. The number of nitrogens with zero attached hydrogens (tertiary/aromatic N) is 1. The lowest BCUT2D eigenvalue weighted by Gasteiger charge is -2.68. The smallest absolute Gasteiger partial charge is 0.311 e. The summed E-state index contributed by atoms with van der Waals surface area (Å²) >= 11 is 0. The molecular formula is C21H24N2O3. The van der Waals surface area contributed by atoms with Crippen molar-refractivity contribution >= 4 is 17.6 Å². The number of esters is 1. The Labute approximate surface area is 153 Å². The average Bonchev–Trinajstić information content (AvgIpc) is 3.14. The van der Waals surface area contributed by atoms with Crippen LogP contribution in [0.15, 0.2) is 24.3 Å². The van der Waals surface area contributed by atoms with Crippen molar-refractivity contribution in [2.45, 2.75) is 55.5 Å². The van der Waals surface area contributed by atoms with Crippen molar-refractivity contribution in [1.29, 1.82) is 0 Å². The Morgan fingerprint density at radius 3 is 2.96 bits per heavy atom. The molecule has 1 N–H and O–H groups in total. The molecule has 5 atom stereocenters. The topological polar surface area (TPSA) is 58.6 Å². The van der Waals surface area contributed by atoms with Crippen molar-refractivity contribution in [2.75, 3.05) is 19.0 Å². The molecule has 0 unspecified atom stereocenters. The number of benzene rings is 1. The highest BCUT2D eigenvalue weighted by Crippen LogP contribution is 2.74. The average molecular weight is 352 g/mol. The molecule has 3 heterocycles. The van der Waals surface area contributed by atoms with E-state index in [-0.39, 0.29) is 34.7 Å². The van der Waals surface area contributed by atoms with E-state index in [0.29, 0.717) is 6.42 Å². The third-order valence-corrected chi connectivity index (χ3v) is 8.45. The molecule has 7 rings (SSSR count). The Morgan fingerprint density at radius 1 is 1.27 bits per heavy atom. The summed E-state index contributed by atoms with van der Waals surface area (Å²) in [7, 11) is 1.50. The number of piperidine rings is 1. The molecule has 3 aliphatic heterocycles. The van der Waals surface area contributed by atoms with Gasteiger partial charge in [-0.15, -0.1) is 0 Å². The lowest BCUT2D eigenvalue weighted by molar-refractivity contribution is -0.172. The van der Waals surface area contributed by atoms with Crippen LogP contribution in [-0.4, -0.2) is 42.0 Å². The van der Waals surface area contributed by atoms with Crippen LogP contribution in [0.4, 0.5) is 5.69 Å². The van der Waals surface area contributed by atoms with E-state index in [9.17, 15) is 9.59 Å². The number of carbonyl (C=O) groups is 2. The van der Waals surface area contributed by atoms with Gasteiger partial charge < -0.3 is 15.0 Å². The number of rotatable bonds is 1. The predicted molar refractivity (Wildman–Crippen MR) is 95.6 cm³/mol. The molecule has 6 aliphatic rings. The molecule has 136 valence electrons. The van der Waals surface area contributed by atoms with E-state index < -0.39 is 5.54 Å². The Hall–Kier alpha value is -2.04. The fraction of sp³-hybridized carbons (Fsp3) is 0.619. The molecule has 26 heavy (non-hydrogen) atoms. The first-order chi connectivity index (χ1) is 12.6. The molecule has 1 aromatic rings. The summed E-state index contributed by atoms with van der Waals surface area (Å²) in [6, 6.07) is 8.64. The van der Waals surface area contributed by atoms with Gasteiger partial charge in [0.25, 0.3) is 0 Å². The van der Waals surface area contributed by atoms with Gasteiger partial charge in [0.05, 0.1) is 24.0 Å². The fourth-order valence-corrected chi connectivity index (χ4v) is 7.80. The number of hydrogen-bond acceptors (Lipinski definition) is 4. The van der Waals surface area contributed by atoms with Gasteiger partial charge in [0.2, 0.25) is 5.91 Å². The quantitative estimate of drug-likeness (QED) is 0.789. The zero-order chi connectivity index (χ0) is 17.7. The van der Waals surface area contributed by atoms with Gasteiger partial charge in [-0.05, 0) is 49.1 Å². The predicted octanol–water partition coefficient (Wildman–Crippen LogP) is 2.46. The van der Waals surface area contributed by atoms with Crippen LogP contribution >= 0.6 is 0 Å². The highest BCUT2D eigenvalue weighted by atomic mass is 16.5. The third-order valence-electron chi connectivity index (χ3n) is 8.45. The van der Waals surface area contributed by atoms with Gasteiger partial charge in [0.1, 0.15) is 0 Å². The Morgan fingerprint density at radius 2 is 2.12 bits per heavy atom. The molecule has 5 heteroatoms. The summed E-state index contributed by atoms with van der Waals surface area (Å²) in [4.78, 5) is 28.2. The molecule has 2 saturated heterocycles. The minimum atomic E-state index is -0.391. The second-order valence-electron chi connectivity index (χ2n) is 9.03. The van der Waals surface area contributed by atoms with Crippen LogP contribution in [0.5, 0.6) is 0 Å². The number of nitrogens with one attached hydrogen (secondary N) is 1. The van der Waals surface area contributed by atoms with Gasteiger partial charge in [-0.1, -0.05) is 18.2 Å². The summed E-state index contributed by atoms with van der Waals surface area (Å²) in [5, 5.41) is 3.79. The highest BCUT2D eigenvalue weighted by Gasteiger charge is 2.80. The molecular weight excluding hydrogens is 328 g/mol. The first-order valence-electron chi connectivity index (χ1n) is 9.83. The number of ether oxygens (including phenoxy) is 1. The normalized spacial score (nSPS) is 44.2. The van der Waals surface area contributed by atoms with E-state index in [4.69, 9.17) is 4.74 Å². The maximum Gasteiger partial charge on any atom is 0.311 e. The van der Waals surface area contributed by atoms with E-state index in [2.05, 4.69) is 28.4 Å². The van der Waals surface area contributed by atoms with E-state index in [1.165, 1.54) is 12.7 Å². The van der Waals surface area contributed by atoms with Crippen LogP contribution in [0.2, 0.25) is 0 Å². The van der Waals surface area contributed by atoms with Crippen molar-refractivity contribution in [1.82, 2.24) is 4.90 Å². The highest BCUT2D eigenvalue weighted by molar-refractivity contribution is 5.89. The number of para-hydroxylation sites is 1. The summed E-state index contributed by atoms with van der Waals surface area (Å²) in [5.41, 5.74) is 1.73. The molecule has 5 fully saturated rings. The van der Waals surface area contributed by atoms with Crippen LogP contribution in [0.3, 0.4) is 0 Å². The van der Waals surface area contributed by atoms with Crippen LogP contribution in [-0.2, 0) is 19.7 Å². The number of anilines is 1. The second-order valence-corrected chi connectivity index (χ2v) is 9.03.